The van der Waals surface area contributed by atoms with E-state index in [0.29, 0.717) is 18.9 Å². The van der Waals surface area contributed by atoms with E-state index in [-0.39, 0.29) is 41.6 Å². The number of rotatable bonds is 10. The second-order valence-corrected chi connectivity index (χ2v) is 15.9. The summed E-state index contributed by atoms with van der Waals surface area (Å²) in [6, 6.07) is 10.5. The van der Waals surface area contributed by atoms with Crippen LogP contribution in [-0.2, 0) is 19.1 Å². The number of alkyl carbamates (subject to hydrolysis) is 1. The number of imidazole rings is 2. The van der Waals surface area contributed by atoms with Crippen LogP contribution in [0.2, 0.25) is 0 Å². The first kappa shape index (κ1) is 37.0. The number of nitrogens with one attached hydrogen (secondary N) is 4. The summed E-state index contributed by atoms with van der Waals surface area (Å²) in [6.07, 6.45) is 4.43. The lowest BCUT2D eigenvalue weighted by molar-refractivity contribution is -0.138. The molecule has 2 aliphatic rings. The normalized spacial score (nSPS) is 18.5. The lowest BCUT2D eigenvalue weighted by atomic mass is 10.0. The quantitative estimate of drug-likeness (QED) is 0.132. The number of aromatic nitrogens is 5. The van der Waals surface area contributed by atoms with E-state index < -0.39 is 18.2 Å². The summed E-state index contributed by atoms with van der Waals surface area (Å²) in [7, 11) is 1.29. The van der Waals surface area contributed by atoms with Crippen molar-refractivity contribution in [1.82, 2.24) is 45.4 Å². The van der Waals surface area contributed by atoms with Gasteiger partial charge in [0.05, 0.1) is 52.0 Å². The van der Waals surface area contributed by atoms with Crippen LogP contribution < -0.4 is 10.6 Å². The van der Waals surface area contributed by atoms with E-state index in [9.17, 15) is 19.2 Å². The number of hydrogen-bond acceptors (Lipinski definition) is 9. The van der Waals surface area contributed by atoms with Crippen LogP contribution in [0, 0.1) is 11.8 Å². The predicted molar refractivity (Wildman–Crippen MR) is 206 cm³/mol. The number of methoxy groups -OCH3 is 1. The van der Waals surface area contributed by atoms with Crippen LogP contribution in [0.5, 0.6) is 0 Å². The Morgan fingerprint density at radius 3 is 2.13 bits per heavy atom. The number of nitrogens with zero attached hydrogens (tertiary/aromatic N) is 5. The van der Waals surface area contributed by atoms with E-state index >= 15 is 0 Å². The van der Waals surface area contributed by atoms with E-state index in [1.807, 2.05) is 57.0 Å². The van der Waals surface area contributed by atoms with Gasteiger partial charge in [0.25, 0.3) is 0 Å². The number of benzene rings is 1. The molecule has 4 amide bonds. The van der Waals surface area contributed by atoms with E-state index in [1.54, 1.807) is 16.2 Å². The Bertz CT molecular complexity index is 2210. The highest BCUT2D eigenvalue weighted by atomic mass is 32.1. The summed E-state index contributed by atoms with van der Waals surface area (Å²) in [6.45, 7) is 10.3. The predicted octanol–water partition coefficient (Wildman–Crippen LogP) is 6.10. The second kappa shape index (κ2) is 15.2. The average Bonchev–Trinajstić information content (AvgIpc) is 3.99. The number of aromatic amines is 2. The molecule has 5 aromatic rings. The second-order valence-electron chi connectivity index (χ2n) is 14.9. The van der Waals surface area contributed by atoms with Crippen LogP contribution in [0.3, 0.4) is 0 Å². The molecule has 0 aliphatic carbocycles. The highest BCUT2D eigenvalue weighted by Crippen LogP contribution is 2.38. The van der Waals surface area contributed by atoms with Crippen molar-refractivity contribution in [3.63, 3.8) is 0 Å². The number of hydrogen-bond donors (Lipinski definition) is 4. The van der Waals surface area contributed by atoms with Crippen LogP contribution in [0.15, 0.2) is 42.6 Å². The third-order valence-corrected chi connectivity index (χ3v) is 11.6. The number of pyridine rings is 1. The Morgan fingerprint density at radius 2 is 1.46 bits per heavy atom. The molecule has 1 aromatic carbocycles. The molecule has 7 rings (SSSR count). The zero-order valence-corrected chi connectivity index (χ0v) is 32.3. The van der Waals surface area contributed by atoms with Crippen molar-refractivity contribution >= 4 is 57.1 Å². The van der Waals surface area contributed by atoms with Gasteiger partial charge in [0.1, 0.15) is 23.4 Å². The fourth-order valence-electron chi connectivity index (χ4n) is 7.65. The van der Waals surface area contributed by atoms with Gasteiger partial charge in [-0.3, -0.25) is 14.4 Å². The molecule has 0 saturated carbocycles. The van der Waals surface area contributed by atoms with Gasteiger partial charge >= 0.3 is 6.09 Å². The highest BCUT2D eigenvalue weighted by molar-refractivity contribution is 7.18. The summed E-state index contributed by atoms with van der Waals surface area (Å²) in [5.41, 5.74) is 4.28. The molecule has 15 heteroatoms. The third-order valence-electron chi connectivity index (χ3n) is 10.4. The molecular formula is C39H47N9O5S. The molecule has 0 radical (unpaired) electrons. The summed E-state index contributed by atoms with van der Waals surface area (Å²) >= 11 is 1.63. The zero-order chi connectivity index (χ0) is 38.3. The van der Waals surface area contributed by atoms with Gasteiger partial charge in [-0.1, -0.05) is 27.7 Å². The molecule has 0 bridgehead atoms. The Balaban J connectivity index is 1.09. The fraction of sp³-hybridized carbons (Fsp3) is 0.462. The number of amides is 4. The molecule has 2 aliphatic heterocycles. The minimum Gasteiger partial charge on any atom is -0.453 e. The van der Waals surface area contributed by atoms with Crippen molar-refractivity contribution in [1.29, 1.82) is 0 Å². The maximum atomic E-state index is 13.6. The monoisotopic (exact) mass is 753 g/mol. The maximum absolute atomic E-state index is 13.6. The van der Waals surface area contributed by atoms with E-state index in [2.05, 4.69) is 38.8 Å². The number of fused-ring (bicyclic) bond motifs is 3. The van der Waals surface area contributed by atoms with E-state index in [0.717, 1.165) is 74.6 Å². The topological polar surface area (TPSA) is 178 Å². The molecular weight excluding hydrogens is 707 g/mol. The van der Waals surface area contributed by atoms with Crippen molar-refractivity contribution in [2.24, 2.45) is 11.8 Å². The average molecular weight is 754 g/mol. The minimum atomic E-state index is -0.711. The molecule has 4 aromatic heterocycles. The SMILES string of the molecule is COC(=O)N[C@H](C(=O)N1CCC[C@H]1c1nc2ccc3[nH]c(-c4ccc(-c5cnc([C@@H]6CCCN6C(=O)[C@@H](NC(C)=O)C(C)C)[nH]5)s4)ccc3c2n1)C(C)C. The summed E-state index contributed by atoms with van der Waals surface area (Å²) in [5, 5.41) is 6.46. The van der Waals surface area contributed by atoms with E-state index in [4.69, 9.17) is 19.7 Å². The molecule has 54 heavy (non-hydrogen) atoms. The molecule has 284 valence electrons. The number of thiophene rings is 1. The van der Waals surface area contributed by atoms with Crippen LogP contribution >= 0.6 is 11.3 Å². The van der Waals surface area contributed by atoms with Gasteiger partial charge in [-0.15, -0.1) is 11.3 Å². The van der Waals surface area contributed by atoms with Crippen molar-refractivity contribution in [2.45, 2.75) is 84.5 Å². The molecule has 4 atom stereocenters. The van der Waals surface area contributed by atoms with Crippen molar-refractivity contribution in [3.8, 4) is 21.1 Å². The first-order chi connectivity index (χ1) is 25.9. The zero-order valence-electron chi connectivity index (χ0n) is 31.4. The minimum absolute atomic E-state index is 0.0330. The van der Waals surface area contributed by atoms with Crippen molar-refractivity contribution in [3.05, 3.63) is 54.2 Å². The molecule has 2 fully saturated rings. The van der Waals surface area contributed by atoms with Crippen LogP contribution in [0.25, 0.3) is 43.1 Å². The first-order valence-electron chi connectivity index (χ1n) is 18.6. The van der Waals surface area contributed by atoms with Crippen molar-refractivity contribution < 1.29 is 23.9 Å². The Kier molecular flexibility index (Phi) is 10.4. The van der Waals surface area contributed by atoms with Gasteiger partial charge in [-0.25, -0.2) is 19.7 Å². The van der Waals surface area contributed by atoms with E-state index in [1.165, 1.54) is 14.0 Å². The summed E-state index contributed by atoms with van der Waals surface area (Å²) < 4.78 is 4.77. The molecule has 2 saturated heterocycles. The Hall–Kier alpha value is -5.31. The van der Waals surface area contributed by atoms with Gasteiger partial charge in [-0.2, -0.15) is 0 Å². The molecule has 0 unspecified atom stereocenters. The Morgan fingerprint density at radius 1 is 0.815 bits per heavy atom. The third kappa shape index (κ3) is 7.16. The van der Waals surface area contributed by atoms with Gasteiger partial charge in [-0.05, 0) is 73.9 Å². The summed E-state index contributed by atoms with van der Waals surface area (Å²) in [5.74, 6) is 0.740. The van der Waals surface area contributed by atoms with Crippen LogP contribution in [0.1, 0.15) is 84.0 Å². The number of carbonyl (C=O) groups excluding carboxylic acids is 4. The lowest BCUT2D eigenvalue weighted by Gasteiger charge is -2.30. The number of ether oxygens (including phenoxy) is 1. The largest absolute Gasteiger partial charge is 0.453 e. The Labute approximate surface area is 317 Å². The summed E-state index contributed by atoms with van der Waals surface area (Å²) in [4.78, 5) is 78.3. The van der Waals surface area contributed by atoms with Crippen LogP contribution in [-0.4, -0.2) is 90.8 Å². The van der Waals surface area contributed by atoms with Crippen LogP contribution in [0.4, 0.5) is 4.79 Å². The first-order valence-corrected chi connectivity index (χ1v) is 19.4. The standard InChI is InChI=1S/C39H47N9O5S/c1-20(2)32(41-22(5)49)37(50)47-17-7-9-28(47)35-40-19-27(44-35)31-16-15-30(54-31)25-12-11-23-24(42-25)13-14-26-34(23)45-36(43-26)29-10-8-18-48(29)38(51)33(21(3)4)46-39(52)53-6/h11-16,19-21,28-29,32-33,42H,7-10,17-18H2,1-6H3,(H,40,44)(H,41,49)(H,46,52)/t28-,29-,32-,33-/m0/s1. The molecule has 0 spiro atoms. The molecule has 14 nitrogen and oxygen atoms in total. The van der Waals surface area contributed by atoms with Gasteiger partial charge < -0.3 is 35.1 Å². The van der Waals surface area contributed by atoms with Crippen molar-refractivity contribution in [2.75, 3.05) is 20.2 Å². The maximum Gasteiger partial charge on any atom is 0.407 e. The van der Waals surface area contributed by atoms with Gasteiger partial charge in [0.2, 0.25) is 17.7 Å². The number of likely N-dealkylation sites (tertiary alicyclic amines) is 2. The van der Waals surface area contributed by atoms with Gasteiger partial charge in [0.15, 0.2) is 5.82 Å². The lowest BCUT2D eigenvalue weighted by Crippen LogP contribution is -2.51. The molecule has 4 N–H and O–H groups in total. The number of H-pyrrole nitrogens is 2. The fourth-order valence-corrected chi connectivity index (χ4v) is 8.60. The van der Waals surface area contributed by atoms with Gasteiger partial charge in [0, 0.05) is 30.9 Å². The highest BCUT2D eigenvalue weighted by Gasteiger charge is 2.39. The smallest absolute Gasteiger partial charge is 0.407 e. The number of carbonyl (C=O) groups is 4. The molecule has 6 heterocycles.